The number of ether oxygens (including phenoxy) is 2. The Labute approximate surface area is 168 Å². The van der Waals surface area contributed by atoms with Crippen molar-refractivity contribution in [2.45, 2.75) is 13.5 Å². The predicted molar refractivity (Wildman–Crippen MR) is 105 cm³/mol. The molecule has 0 spiro atoms. The van der Waals surface area contributed by atoms with Crippen LogP contribution in [-0.4, -0.2) is 41.9 Å². The van der Waals surface area contributed by atoms with Crippen LogP contribution in [0.3, 0.4) is 0 Å². The summed E-state index contributed by atoms with van der Waals surface area (Å²) >= 11 is 0. The second-order valence-electron chi connectivity index (χ2n) is 6.38. The molecule has 1 aliphatic heterocycles. The van der Waals surface area contributed by atoms with Gasteiger partial charge in [-0.1, -0.05) is 18.2 Å². The number of carbonyl (C=O) groups is 3. The Morgan fingerprint density at radius 1 is 1.07 bits per heavy atom. The molecule has 148 valence electrons. The van der Waals surface area contributed by atoms with E-state index in [1.165, 1.54) is 19.1 Å². The van der Waals surface area contributed by atoms with E-state index in [4.69, 9.17) is 4.74 Å². The Hall–Kier alpha value is -3.74. The van der Waals surface area contributed by atoms with E-state index in [9.17, 15) is 14.4 Å². The molecule has 29 heavy (non-hydrogen) atoms. The number of hydrogen-bond donors (Lipinski definition) is 0. The average molecular weight is 392 g/mol. The molecule has 7 heteroatoms. The van der Waals surface area contributed by atoms with Gasteiger partial charge in [0.05, 0.1) is 37.5 Å². The van der Waals surface area contributed by atoms with Gasteiger partial charge >= 0.3 is 11.9 Å². The van der Waals surface area contributed by atoms with Gasteiger partial charge in [-0.2, -0.15) is 0 Å². The van der Waals surface area contributed by atoms with Gasteiger partial charge in [0.1, 0.15) is 0 Å². The first-order chi connectivity index (χ1) is 14.0. The number of esters is 2. The van der Waals surface area contributed by atoms with Gasteiger partial charge in [0.2, 0.25) is 0 Å². The number of pyridine rings is 1. The van der Waals surface area contributed by atoms with Crippen molar-refractivity contribution in [1.29, 1.82) is 0 Å². The number of aromatic nitrogens is 1. The lowest BCUT2D eigenvalue weighted by atomic mass is 10.0. The van der Waals surface area contributed by atoms with Crippen LogP contribution >= 0.6 is 0 Å². The van der Waals surface area contributed by atoms with Gasteiger partial charge in [-0.15, -0.1) is 0 Å². The summed E-state index contributed by atoms with van der Waals surface area (Å²) in [6.45, 7) is 2.00. The third-order valence-electron chi connectivity index (χ3n) is 4.61. The van der Waals surface area contributed by atoms with Crippen molar-refractivity contribution in [2.75, 3.05) is 14.2 Å². The van der Waals surface area contributed by atoms with Crippen LogP contribution in [0.2, 0.25) is 0 Å². The summed E-state index contributed by atoms with van der Waals surface area (Å²) in [5.74, 6) is -1.33. The van der Waals surface area contributed by atoms with Crippen LogP contribution in [0.1, 0.15) is 28.4 Å². The third-order valence-corrected chi connectivity index (χ3v) is 4.61. The summed E-state index contributed by atoms with van der Waals surface area (Å²) in [4.78, 5) is 42.6. The highest BCUT2D eigenvalue weighted by atomic mass is 16.5. The number of carbonyl (C=O) groups excluding carboxylic acids is 3. The van der Waals surface area contributed by atoms with E-state index < -0.39 is 11.9 Å². The van der Waals surface area contributed by atoms with Crippen LogP contribution in [0, 0.1) is 0 Å². The van der Waals surface area contributed by atoms with Crippen molar-refractivity contribution < 1.29 is 23.9 Å². The summed E-state index contributed by atoms with van der Waals surface area (Å²) in [6.07, 6.45) is 4.94. The van der Waals surface area contributed by atoms with Gasteiger partial charge in [-0.25, -0.2) is 9.59 Å². The van der Waals surface area contributed by atoms with Crippen LogP contribution in [0.25, 0.3) is 6.08 Å². The Kier molecular flexibility index (Phi) is 5.87. The molecule has 0 unspecified atom stereocenters. The molecule has 0 N–H and O–H groups in total. The first kappa shape index (κ1) is 20.0. The second-order valence-corrected chi connectivity index (χ2v) is 6.38. The SMILES string of the molecule is COC(=O)C1=C(C)N(Cc2cccnc2)C(=O)/C1=C/c1ccc(C(=O)OC)cc1. The minimum atomic E-state index is -0.582. The smallest absolute Gasteiger partial charge is 0.340 e. The normalized spacial score (nSPS) is 15.1. The van der Waals surface area contributed by atoms with Crippen LogP contribution in [-0.2, 0) is 25.6 Å². The number of amides is 1. The molecule has 0 aliphatic carbocycles. The maximum absolute atomic E-state index is 13.1. The van der Waals surface area contributed by atoms with E-state index in [0.29, 0.717) is 16.8 Å². The highest BCUT2D eigenvalue weighted by Crippen LogP contribution is 2.32. The molecule has 1 aliphatic rings. The van der Waals surface area contributed by atoms with Crippen LogP contribution in [0.15, 0.2) is 65.6 Å². The lowest BCUT2D eigenvalue weighted by Gasteiger charge is -2.17. The summed E-state index contributed by atoms with van der Waals surface area (Å²) in [7, 11) is 2.59. The van der Waals surface area contributed by atoms with Crippen LogP contribution in [0.4, 0.5) is 0 Å². The Bertz CT molecular complexity index is 1010. The summed E-state index contributed by atoms with van der Waals surface area (Å²) in [6, 6.07) is 10.2. The Morgan fingerprint density at radius 2 is 1.76 bits per heavy atom. The maximum Gasteiger partial charge on any atom is 0.340 e. The summed E-state index contributed by atoms with van der Waals surface area (Å²) in [5, 5.41) is 0. The Balaban J connectivity index is 1.98. The van der Waals surface area contributed by atoms with Gasteiger partial charge in [0.25, 0.3) is 5.91 Å². The van der Waals surface area contributed by atoms with Gasteiger partial charge in [-0.05, 0) is 42.3 Å². The van der Waals surface area contributed by atoms with E-state index in [0.717, 1.165) is 5.56 Å². The molecule has 0 saturated heterocycles. The lowest BCUT2D eigenvalue weighted by molar-refractivity contribution is -0.136. The summed E-state index contributed by atoms with van der Waals surface area (Å²) in [5.41, 5.74) is 2.88. The monoisotopic (exact) mass is 392 g/mol. The van der Waals surface area contributed by atoms with E-state index in [-0.39, 0.29) is 23.6 Å². The standard InChI is InChI=1S/C22H20N2O5/c1-14-19(22(27)29-3)18(11-15-6-8-17(9-7-15)21(26)28-2)20(25)24(14)13-16-5-4-10-23-12-16/h4-12H,13H2,1-3H3/b18-11+. The van der Waals surface area contributed by atoms with E-state index in [2.05, 4.69) is 9.72 Å². The van der Waals surface area contributed by atoms with Crippen LogP contribution in [0.5, 0.6) is 0 Å². The van der Waals surface area contributed by atoms with E-state index >= 15 is 0 Å². The van der Waals surface area contributed by atoms with E-state index in [1.54, 1.807) is 55.7 Å². The molecule has 0 saturated carbocycles. The fraction of sp³-hybridized carbons (Fsp3) is 0.182. The number of nitrogens with zero attached hydrogens (tertiary/aromatic N) is 2. The molecule has 1 aromatic heterocycles. The molecule has 0 fully saturated rings. The number of benzene rings is 1. The first-order valence-electron chi connectivity index (χ1n) is 8.86. The maximum atomic E-state index is 13.1. The molecule has 0 atom stereocenters. The number of methoxy groups -OCH3 is 2. The zero-order valence-electron chi connectivity index (χ0n) is 16.3. The highest BCUT2D eigenvalue weighted by molar-refractivity contribution is 6.16. The molecule has 3 rings (SSSR count). The van der Waals surface area contributed by atoms with Gasteiger partial charge in [0, 0.05) is 18.1 Å². The number of rotatable bonds is 5. The van der Waals surface area contributed by atoms with Crippen LogP contribution < -0.4 is 0 Å². The quantitative estimate of drug-likeness (QED) is 0.575. The molecule has 0 radical (unpaired) electrons. The minimum absolute atomic E-state index is 0.221. The van der Waals surface area contributed by atoms with Crippen molar-refractivity contribution in [3.05, 3.63) is 82.3 Å². The second kappa shape index (κ2) is 8.52. The summed E-state index contributed by atoms with van der Waals surface area (Å²) < 4.78 is 9.58. The van der Waals surface area contributed by atoms with Gasteiger partial charge in [0.15, 0.2) is 0 Å². The molecule has 1 aromatic carbocycles. The predicted octanol–water partition coefficient (Wildman–Crippen LogP) is 2.74. The number of allylic oxidation sites excluding steroid dienone is 1. The lowest BCUT2D eigenvalue weighted by Crippen LogP contribution is -2.24. The topological polar surface area (TPSA) is 85.8 Å². The fourth-order valence-electron chi connectivity index (χ4n) is 3.09. The highest BCUT2D eigenvalue weighted by Gasteiger charge is 2.36. The van der Waals surface area contributed by atoms with Gasteiger partial charge in [-0.3, -0.25) is 9.78 Å². The minimum Gasteiger partial charge on any atom is -0.465 e. The van der Waals surface area contributed by atoms with Crippen molar-refractivity contribution >= 4 is 23.9 Å². The zero-order valence-corrected chi connectivity index (χ0v) is 16.3. The molecular weight excluding hydrogens is 372 g/mol. The first-order valence-corrected chi connectivity index (χ1v) is 8.86. The molecule has 1 amide bonds. The van der Waals surface area contributed by atoms with Gasteiger partial charge < -0.3 is 14.4 Å². The van der Waals surface area contributed by atoms with Crippen molar-refractivity contribution in [3.63, 3.8) is 0 Å². The Morgan fingerprint density at radius 3 is 2.34 bits per heavy atom. The number of hydrogen-bond acceptors (Lipinski definition) is 6. The zero-order chi connectivity index (χ0) is 21.0. The largest absolute Gasteiger partial charge is 0.465 e. The van der Waals surface area contributed by atoms with Crippen molar-refractivity contribution in [1.82, 2.24) is 9.88 Å². The van der Waals surface area contributed by atoms with Crippen molar-refractivity contribution in [2.24, 2.45) is 0 Å². The van der Waals surface area contributed by atoms with Crippen molar-refractivity contribution in [3.8, 4) is 0 Å². The third kappa shape index (κ3) is 4.08. The molecule has 2 heterocycles. The fourth-order valence-corrected chi connectivity index (χ4v) is 3.09. The molecule has 7 nitrogen and oxygen atoms in total. The molecular formula is C22H20N2O5. The molecule has 2 aromatic rings. The molecule has 0 bridgehead atoms. The van der Waals surface area contributed by atoms with E-state index in [1.807, 2.05) is 6.07 Å². The average Bonchev–Trinajstić information content (AvgIpc) is 2.98.